The number of benzene rings is 1. The third-order valence-electron chi connectivity index (χ3n) is 3.82. The summed E-state index contributed by atoms with van der Waals surface area (Å²) < 4.78 is 0. The number of amides is 1. The summed E-state index contributed by atoms with van der Waals surface area (Å²) >= 11 is 6.07. The maximum Gasteiger partial charge on any atom is 0.341 e. The second kappa shape index (κ2) is 7.37. The van der Waals surface area contributed by atoms with Gasteiger partial charge in [-0.05, 0) is 41.5 Å². The first-order valence-corrected chi connectivity index (χ1v) is 8.06. The fourth-order valence-electron chi connectivity index (χ4n) is 2.59. The van der Waals surface area contributed by atoms with Crippen molar-refractivity contribution in [1.82, 2.24) is 15.3 Å². The molecule has 0 atom stereocenters. The van der Waals surface area contributed by atoms with E-state index in [-0.39, 0.29) is 17.9 Å². The summed E-state index contributed by atoms with van der Waals surface area (Å²) in [7, 11) is 0. The zero-order valence-corrected chi connectivity index (χ0v) is 14.2. The molecule has 0 fully saturated rings. The van der Waals surface area contributed by atoms with Gasteiger partial charge in [-0.2, -0.15) is 0 Å². The highest BCUT2D eigenvalue weighted by molar-refractivity contribution is 6.31. The van der Waals surface area contributed by atoms with Gasteiger partial charge in [-0.15, -0.1) is 0 Å². The molecule has 7 nitrogen and oxygen atoms in total. The summed E-state index contributed by atoms with van der Waals surface area (Å²) in [4.78, 5) is 41.7. The van der Waals surface area contributed by atoms with Gasteiger partial charge in [0.15, 0.2) is 0 Å². The smallest absolute Gasteiger partial charge is 0.341 e. The zero-order chi connectivity index (χ0) is 18.7. The quantitative estimate of drug-likeness (QED) is 0.636. The van der Waals surface area contributed by atoms with Gasteiger partial charge in [-0.1, -0.05) is 11.6 Å². The van der Waals surface area contributed by atoms with Crippen LogP contribution in [0, 0.1) is 0 Å². The highest BCUT2D eigenvalue weighted by Gasteiger charge is 2.14. The molecule has 1 aromatic carbocycles. The minimum atomic E-state index is -1.33. The van der Waals surface area contributed by atoms with Crippen LogP contribution in [0.5, 0.6) is 0 Å². The molecule has 0 bridgehead atoms. The molecule has 2 aromatic heterocycles. The van der Waals surface area contributed by atoms with E-state index in [1.807, 2.05) is 0 Å². The summed E-state index contributed by atoms with van der Waals surface area (Å²) in [5.41, 5.74) is 0.694. The molecule has 132 valence electrons. The molecule has 1 amide bonds. The predicted octanol–water partition coefficient (Wildman–Crippen LogP) is 2.13. The number of halogens is 1. The van der Waals surface area contributed by atoms with Crippen LogP contribution in [0.4, 0.5) is 0 Å². The molecule has 3 N–H and O–H groups in total. The Labute approximate surface area is 152 Å². The maximum atomic E-state index is 12.2. The second-order valence-electron chi connectivity index (χ2n) is 5.66. The molecule has 2 heterocycles. The topological polar surface area (TPSA) is 112 Å². The van der Waals surface area contributed by atoms with Crippen LogP contribution in [0.25, 0.3) is 10.9 Å². The van der Waals surface area contributed by atoms with Crippen LogP contribution in [-0.4, -0.2) is 27.0 Å². The van der Waals surface area contributed by atoms with E-state index in [2.05, 4.69) is 15.3 Å². The van der Waals surface area contributed by atoms with Gasteiger partial charge < -0.3 is 15.4 Å². The average molecular weight is 372 g/mol. The van der Waals surface area contributed by atoms with Crippen LogP contribution in [0.3, 0.4) is 0 Å². The van der Waals surface area contributed by atoms with E-state index in [1.165, 1.54) is 12.1 Å². The summed E-state index contributed by atoms with van der Waals surface area (Å²) in [6.07, 6.45) is 3.26. The lowest BCUT2D eigenvalue weighted by Gasteiger charge is -2.09. The van der Waals surface area contributed by atoms with Crippen LogP contribution in [0.1, 0.15) is 21.5 Å². The SMILES string of the molecule is O=C(Cc1cc(Cl)cc2cc(C(=O)O)c(=O)[nH]c12)NCc1ccncc1. The number of aromatic carboxylic acids is 1. The Morgan fingerprint density at radius 2 is 1.92 bits per heavy atom. The Hall–Kier alpha value is -3.19. The highest BCUT2D eigenvalue weighted by Crippen LogP contribution is 2.23. The van der Waals surface area contributed by atoms with Gasteiger partial charge in [0.1, 0.15) is 5.56 Å². The Morgan fingerprint density at radius 3 is 2.62 bits per heavy atom. The fraction of sp³-hybridized carbons (Fsp3) is 0.111. The number of nitrogens with one attached hydrogen (secondary N) is 2. The number of hydrogen-bond donors (Lipinski definition) is 3. The lowest BCUT2D eigenvalue weighted by Crippen LogP contribution is -2.25. The molecule has 0 aliphatic carbocycles. The Kier molecular flexibility index (Phi) is 4.99. The van der Waals surface area contributed by atoms with E-state index in [0.717, 1.165) is 5.56 Å². The van der Waals surface area contributed by atoms with Crippen molar-refractivity contribution in [3.63, 3.8) is 0 Å². The molecule has 0 aliphatic heterocycles. The van der Waals surface area contributed by atoms with Gasteiger partial charge in [0.2, 0.25) is 5.91 Å². The molecule has 26 heavy (non-hydrogen) atoms. The molecule has 3 aromatic rings. The van der Waals surface area contributed by atoms with E-state index in [0.29, 0.717) is 28.0 Å². The van der Waals surface area contributed by atoms with Gasteiger partial charge in [0.05, 0.1) is 11.9 Å². The van der Waals surface area contributed by atoms with Crippen molar-refractivity contribution in [1.29, 1.82) is 0 Å². The summed E-state index contributed by atoms with van der Waals surface area (Å²) in [5, 5.41) is 12.6. The van der Waals surface area contributed by atoms with E-state index in [9.17, 15) is 14.4 Å². The standard InChI is InChI=1S/C18H14ClN3O4/c19-13-5-11-7-14(18(25)26)17(24)22-16(11)12(6-13)8-15(23)21-9-10-1-3-20-4-2-10/h1-7H,8-9H2,(H,21,23)(H,22,24)(H,25,26). The molecule has 0 saturated carbocycles. The molecule has 3 rings (SSSR count). The van der Waals surface area contributed by atoms with E-state index in [1.54, 1.807) is 30.6 Å². The maximum absolute atomic E-state index is 12.2. The minimum absolute atomic E-state index is 0.00942. The molecular formula is C18H14ClN3O4. The van der Waals surface area contributed by atoms with Crippen molar-refractivity contribution < 1.29 is 14.7 Å². The van der Waals surface area contributed by atoms with Gasteiger partial charge in [0.25, 0.3) is 5.56 Å². The average Bonchev–Trinajstić information content (AvgIpc) is 2.61. The first-order valence-electron chi connectivity index (χ1n) is 7.68. The zero-order valence-electron chi connectivity index (χ0n) is 13.5. The first-order chi connectivity index (χ1) is 12.4. The number of aromatic nitrogens is 2. The second-order valence-corrected chi connectivity index (χ2v) is 6.09. The lowest BCUT2D eigenvalue weighted by molar-refractivity contribution is -0.120. The van der Waals surface area contributed by atoms with E-state index < -0.39 is 11.5 Å². The number of fused-ring (bicyclic) bond motifs is 1. The van der Waals surface area contributed by atoms with Gasteiger partial charge in [-0.25, -0.2) is 4.79 Å². The molecular weight excluding hydrogens is 358 g/mol. The molecule has 8 heteroatoms. The van der Waals surface area contributed by atoms with Gasteiger partial charge in [-0.3, -0.25) is 14.6 Å². The number of carbonyl (C=O) groups excluding carboxylic acids is 1. The number of H-pyrrole nitrogens is 1. The van der Waals surface area contributed by atoms with Crippen molar-refractivity contribution in [3.8, 4) is 0 Å². The predicted molar refractivity (Wildman–Crippen MR) is 96.3 cm³/mol. The van der Waals surface area contributed by atoms with Crippen molar-refractivity contribution in [2.24, 2.45) is 0 Å². The van der Waals surface area contributed by atoms with Gasteiger partial charge >= 0.3 is 5.97 Å². The van der Waals surface area contributed by atoms with Crippen molar-refractivity contribution in [3.05, 3.63) is 74.8 Å². The van der Waals surface area contributed by atoms with Crippen LogP contribution in [0.15, 0.2) is 47.5 Å². The highest BCUT2D eigenvalue weighted by atomic mass is 35.5. The van der Waals surface area contributed by atoms with Crippen molar-refractivity contribution >= 4 is 34.4 Å². The molecule has 0 spiro atoms. The molecule has 0 unspecified atom stereocenters. The van der Waals surface area contributed by atoms with Crippen molar-refractivity contribution in [2.45, 2.75) is 13.0 Å². The summed E-state index contributed by atoms with van der Waals surface area (Å²) in [6, 6.07) is 7.95. The summed E-state index contributed by atoms with van der Waals surface area (Å²) in [6.45, 7) is 0.347. The molecule has 0 saturated heterocycles. The monoisotopic (exact) mass is 371 g/mol. The third kappa shape index (κ3) is 3.89. The molecule has 0 aliphatic rings. The van der Waals surface area contributed by atoms with E-state index >= 15 is 0 Å². The Balaban J connectivity index is 1.87. The van der Waals surface area contributed by atoms with Gasteiger partial charge in [0, 0.05) is 29.3 Å². The minimum Gasteiger partial charge on any atom is -0.477 e. The normalized spacial score (nSPS) is 10.7. The summed E-state index contributed by atoms with van der Waals surface area (Å²) in [5.74, 6) is -1.58. The lowest BCUT2D eigenvalue weighted by atomic mass is 10.0. The number of hydrogen-bond acceptors (Lipinski definition) is 4. The number of aromatic amines is 1. The number of pyridine rings is 2. The van der Waals surface area contributed by atoms with Crippen LogP contribution < -0.4 is 10.9 Å². The largest absolute Gasteiger partial charge is 0.477 e. The van der Waals surface area contributed by atoms with Crippen molar-refractivity contribution in [2.75, 3.05) is 0 Å². The van der Waals surface area contributed by atoms with E-state index in [4.69, 9.17) is 16.7 Å². The first kappa shape index (κ1) is 17.6. The van der Waals surface area contributed by atoms with Crippen LogP contribution >= 0.6 is 11.6 Å². The fourth-order valence-corrected chi connectivity index (χ4v) is 2.84. The number of rotatable bonds is 5. The van der Waals surface area contributed by atoms with Crippen LogP contribution in [0.2, 0.25) is 5.02 Å². The molecule has 0 radical (unpaired) electrons. The Bertz CT molecular complexity index is 1050. The number of carbonyl (C=O) groups is 2. The number of carboxylic acid groups (broad SMARTS) is 1. The van der Waals surface area contributed by atoms with Crippen LogP contribution in [-0.2, 0) is 17.8 Å². The third-order valence-corrected chi connectivity index (χ3v) is 4.04. The number of carboxylic acids is 1. The number of nitrogens with zero attached hydrogens (tertiary/aromatic N) is 1. The Morgan fingerprint density at radius 1 is 1.19 bits per heavy atom.